The molecule has 0 bridgehead atoms. The van der Waals surface area contributed by atoms with Gasteiger partial charge < -0.3 is 5.32 Å². The maximum Gasteiger partial charge on any atom is 0.266 e. The minimum absolute atomic E-state index is 0.143. The van der Waals surface area contributed by atoms with Crippen molar-refractivity contribution in [3.63, 3.8) is 0 Å². The molecule has 0 saturated heterocycles. The smallest absolute Gasteiger partial charge is 0.266 e. The number of rotatable bonds is 3. The van der Waals surface area contributed by atoms with Gasteiger partial charge in [0.15, 0.2) is 17.5 Å². The Morgan fingerprint density at radius 2 is 1.83 bits per heavy atom. The molecule has 0 aliphatic heterocycles. The van der Waals surface area contributed by atoms with Crippen molar-refractivity contribution in [1.29, 1.82) is 0 Å². The third-order valence-electron chi connectivity index (χ3n) is 3.24. The first-order chi connectivity index (χ1) is 11.0. The van der Waals surface area contributed by atoms with E-state index in [1.165, 1.54) is 42.2 Å². The zero-order chi connectivity index (χ0) is 16.4. The SMILES string of the molecule is Cn1nc(Nc2ccc(-c3cccc(F)c3F)cn2)ccc1=O. The highest BCUT2D eigenvalue weighted by molar-refractivity contribution is 5.65. The number of anilines is 2. The fourth-order valence-electron chi connectivity index (χ4n) is 2.05. The largest absolute Gasteiger partial charge is 0.324 e. The van der Waals surface area contributed by atoms with Crippen molar-refractivity contribution in [2.45, 2.75) is 0 Å². The van der Waals surface area contributed by atoms with E-state index in [4.69, 9.17) is 0 Å². The lowest BCUT2D eigenvalue weighted by Gasteiger charge is -2.07. The predicted molar refractivity (Wildman–Crippen MR) is 82.3 cm³/mol. The van der Waals surface area contributed by atoms with Crippen LogP contribution in [0.5, 0.6) is 0 Å². The summed E-state index contributed by atoms with van der Waals surface area (Å²) in [5.74, 6) is -0.894. The lowest BCUT2D eigenvalue weighted by molar-refractivity contribution is 0.511. The average Bonchev–Trinajstić information content (AvgIpc) is 2.55. The van der Waals surface area contributed by atoms with Crippen LogP contribution in [0.25, 0.3) is 11.1 Å². The second-order valence-corrected chi connectivity index (χ2v) is 4.84. The van der Waals surface area contributed by atoms with Crippen molar-refractivity contribution in [3.8, 4) is 11.1 Å². The van der Waals surface area contributed by atoms with Gasteiger partial charge >= 0.3 is 0 Å². The summed E-state index contributed by atoms with van der Waals surface area (Å²) in [6, 6.07) is 10.1. The second-order valence-electron chi connectivity index (χ2n) is 4.84. The molecule has 1 aromatic carbocycles. The highest BCUT2D eigenvalue weighted by Crippen LogP contribution is 2.24. The maximum absolute atomic E-state index is 13.8. The summed E-state index contributed by atoms with van der Waals surface area (Å²) < 4.78 is 28.2. The maximum atomic E-state index is 13.8. The van der Waals surface area contributed by atoms with Crippen LogP contribution in [0.2, 0.25) is 0 Å². The standard InChI is InChI=1S/C16H12F2N4O/c1-22-15(23)8-7-14(21-22)20-13-6-5-10(9-19-13)11-3-2-4-12(17)16(11)18/h2-9H,1H3,(H,19,20,21). The first-order valence-corrected chi connectivity index (χ1v) is 6.76. The monoisotopic (exact) mass is 314 g/mol. The van der Waals surface area contributed by atoms with Gasteiger partial charge in [0, 0.05) is 30.4 Å². The van der Waals surface area contributed by atoms with E-state index in [1.807, 2.05) is 0 Å². The number of nitrogens with one attached hydrogen (secondary N) is 1. The molecule has 5 nitrogen and oxygen atoms in total. The highest BCUT2D eigenvalue weighted by atomic mass is 19.2. The van der Waals surface area contributed by atoms with Crippen LogP contribution in [-0.2, 0) is 7.05 Å². The predicted octanol–water partition coefficient (Wildman–Crippen LogP) is 2.86. The fraction of sp³-hybridized carbons (Fsp3) is 0.0625. The Hall–Kier alpha value is -3.09. The van der Waals surface area contributed by atoms with Crippen LogP contribution in [0.15, 0.2) is 53.5 Å². The molecule has 3 aromatic rings. The molecule has 0 amide bonds. The van der Waals surface area contributed by atoms with E-state index in [-0.39, 0.29) is 11.1 Å². The van der Waals surface area contributed by atoms with E-state index in [0.717, 1.165) is 6.07 Å². The molecule has 2 heterocycles. The van der Waals surface area contributed by atoms with Gasteiger partial charge in [0.05, 0.1) is 0 Å². The van der Waals surface area contributed by atoms with Crippen molar-refractivity contribution in [1.82, 2.24) is 14.8 Å². The summed E-state index contributed by atoms with van der Waals surface area (Å²) in [6.07, 6.45) is 1.43. The Morgan fingerprint density at radius 1 is 1.04 bits per heavy atom. The Bertz CT molecular complexity index is 907. The van der Waals surface area contributed by atoms with E-state index in [9.17, 15) is 13.6 Å². The van der Waals surface area contributed by atoms with E-state index < -0.39 is 11.6 Å². The number of nitrogens with zero attached hydrogens (tertiary/aromatic N) is 3. The molecular formula is C16H12F2N4O. The van der Waals surface area contributed by atoms with Gasteiger partial charge in [0.1, 0.15) is 5.82 Å². The van der Waals surface area contributed by atoms with Gasteiger partial charge in [0.25, 0.3) is 5.56 Å². The number of halogens is 2. The molecule has 0 saturated carbocycles. The van der Waals surface area contributed by atoms with E-state index >= 15 is 0 Å². The Balaban J connectivity index is 1.86. The zero-order valence-corrected chi connectivity index (χ0v) is 12.1. The Kier molecular flexibility index (Phi) is 3.84. The van der Waals surface area contributed by atoms with Gasteiger partial charge in [-0.05, 0) is 24.3 Å². The molecule has 7 heteroatoms. The molecule has 2 aromatic heterocycles. The molecule has 3 rings (SSSR count). The summed E-state index contributed by atoms with van der Waals surface area (Å²) in [5, 5.41) is 6.94. The highest BCUT2D eigenvalue weighted by Gasteiger charge is 2.10. The number of hydrogen-bond donors (Lipinski definition) is 1. The molecule has 0 radical (unpaired) electrons. The molecule has 0 aliphatic carbocycles. The van der Waals surface area contributed by atoms with Gasteiger partial charge in [-0.3, -0.25) is 4.79 Å². The van der Waals surface area contributed by atoms with Crippen LogP contribution in [0, 0.1) is 11.6 Å². The molecule has 0 atom stereocenters. The zero-order valence-electron chi connectivity index (χ0n) is 12.1. The van der Waals surface area contributed by atoms with Gasteiger partial charge in [-0.1, -0.05) is 12.1 Å². The van der Waals surface area contributed by atoms with Crippen molar-refractivity contribution >= 4 is 11.6 Å². The van der Waals surface area contributed by atoms with Crippen LogP contribution in [0.3, 0.4) is 0 Å². The van der Waals surface area contributed by atoms with Gasteiger partial charge in [-0.2, -0.15) is 5.10 Å². The summed E-state index contributed by atoms with van der Waals surface area (Å²) in [7, 11) is 1.54. The van der Waals surface area contributed by atoms with Crippen LogP contribution in [0.4, 0.5) is 20.4 Å². The first-order valence-electron chi connectivity index (χ1n) is 6.76. The van der Waals surface area contributed by atoms with Crippen LogP contribution >= 0.6 is 0 Å². The number of aromatic nitrogens is 3. The number of benzene rings is 1. The van der Waals surface area contributed by atoms with Crippen LogP contribution < -0.4 is 10.9 Å². The molecule has 1 N–H and O–H groups in total. The molecule has 23 heavy (non-hydrogen) atoms. The average molecular weight is 314 g/mol. The Labute approximate surface area is 130 Å². The number of pyridine rings is 1. The van der Waals surface area contributed by atoms with E-state index in [2.05, 4.69) is 15.4 Å². The third kappa shape index (κ3) is 3.08. The van der Waals surface area contributed by atoms with Gasteiger partial charge in [-0.15, -0.1) is 0 Å². The van der Waals surface area contributed by atoms with Crippen LogP contribution in [0.1, 0.15) is 0 Å². The van der Waals surface area contributed by atoms with Gasteiger partial charge in [-0.25, -0.2) is 18.4 Å². The quantitative estimate of drug-likeness (QED) is 0.807. The second kappa shape index (κ2) is 5.96. The third-order valence-corrected chi connectivity index (χ3v) is 3.24. The molecule has 0 spiro atoms. The fourth-order valence-corrected chi connectivity index (χ4v) is 2.05. The van der Waals surface area contributed by atoms with Crippen molar-refractivity contribution in [2.24, 2.45) is 7.05 Å². The Morgan fingerprint density at radius 3 is 2.52 bits per heavy atom. The molecule has 0 fully saturated rings. The summed E-state index contributed by atoms with van der Waals surface area (Å²) in [5.41, 5.74) is 0.380. The molecule has 0 unspecified atom stereocenters. The summed E-state index contributed by atoms with van der Waals surface area (Å²) in [6.45, 7) is 0. The van der Waals surface area contributed by atoms with Gasteiger partial charge in [0.2, 0.25) is 0 Å². The number of aryl methyl sites for hydroxylation is 1. The lowest BCUT2D eigenvalue weighted by Crippen LogP contribution is -2.18. The summed E-state index contributed by atoms with van der Waals surface area (Å²) in [4.78, 5) is 15.4. The topological polar surface area (TPSA) is 59.8 Å². The van der Waals surface area contributed by atoms with Crippen molar-refractivity contribution < 1.29 is 8.78 Å². The normalized spacial score (nSPS) is 10.6. The van der Waals surface area contributed by atoms with Crippen LogP contribution in [-0.4, -0.2) is 14.8 Å². The van der Waals surface area contributed by atoms with Crippen molar-refractivity contribution in [3.05, 3.63) is 70.6 Å². The molecular weight excluding hydrogens is 302 g/mol. The first kappa shape index (κ1) is 14.8. The molecule has 116 valence electrons. The molecule has 0 aliphatic rings. The number of hydrogen-bond acceptors (Lipinski definition) is 4. The van der Waals surface area contributed by atoms with Crippen molar-refractivity contribution in [2.75, 3.05) is 5.32 Å². The van der Waals surface area contributed by atoms with E-state index in [0.29, 0.717) is 17.2 Å². The van der Waals surface area contributed by atoms with E-state index in [1.54, 1.807) is 12.1 Å². The minimum atomic E-state index is -0.908. The lowest BCUT2D eigenvalue weighted by atomic mass is 10.1. The summed E-state index contributed by atoms with van der Waals surface area (Å²) >= 11 is 0. The minimum Gasteiger partial charge on any atom is -0.324 e.